The van der Waals surface area contributed by atoms with Crippen molar-refractivity contribution < 1.29 is 4.74 Å². The van der Waals surface area contributed by atoms with Crippen LogP contribution >= 0.6 is 0 Å². The predicted molar refractivity (Wildman–Crippen MR) is 67.5 cm³/mol. The van der Waals surface area contributed by atoms with Crippen LogP contribution < -0.4 is 11.1 Å². The second-order valence-corrected chi connectivity index (χ2v) is 6.00. The molecule has 0 aromatic carbocycles. The summed E-state index contributed by atoms with van der Waals surface area (Å²) in [7, 11) is 0. The SMILES string of the molecule is CC1(CN=C(N)NC(C)(C)C)CCOCC1. The highest BCUT2D eigenvalue weighted by Gasteiger charge is 2.27. The summed E-state index contributed by atoms with van der Waals surface area (Å²) in [6, 6.07) is 0. The number of rotatable bonds is 2. The fourth-order valence-electron chi connectivity index (χ4n) is 1.72. The second kappa shape index (κ2) is 5.04. The molecular weight excluding hydrogens is 202 g/mol. The zero-order valence-corrected chi connectivity index (χ0v) is 11.0. The maximum absolute atomic E-state index is 5.84. The lowest BCUT2D eigenvalue weighted by Gasteiger charge is -2.32. The third-order valence-electron chi connectivity index (χ3n) is 2.83. The molecule has 0 aromatic rings. The highest BCUT2D eigenvalue weighted by molar-refractivity contribution is 5.78. The molecule has 16 heavy (non-hydrogen) atoms. The maximum Gasteiger partial charge on any atom is 0.189 e. The number of ether oxygens (including phenoxy) is 1. The predicted octanol–water partition coefficient (Wildman–Crippen LogP) is 1.51. The van der Waals surface area contributed by atoms with Gasteiger partial charge in [-0.3, -0.25) is 4.99 Å². The molecule has 0 amide bonds. The van der Waals surface area contributed by atoms with E-state index in [-0.39, 0.29) is 11.0 Å². The minimum atomic E-state index is -0.0236. The second-order valence-electron chi connectivity index (χ2n) is 6.00. The smallest absolute Gasteiger partial charge is 0.189 e. The van der Waals surface area contributed by atoms with Crippen LogP contribution in [0.25, 0.3) is 0 Å². The number of aliphatic imine (C=N–C) groups is 1. The molecule has 0 bridgehead atoms. The van der Waals surface area contributed by atoms with Gasteiger partial charge in [0.15, 0.2) is 5.96 Å². The zero-order chi connectivity index (χ0) is 12.2. The zero-order valence-electron chi connectivity index (χ0n) is 11.0. The van der Waals surface area contributed by atoms with Gasteiger partial charge in [0.1, 0.15) is 0 Å². The molecule has 0 spiro atoms. The van der Waals surface area contributed by atoms with Crippen LogP contribution in [0, 0.1) is 5.41 Å². The third-order valence-corrected chi connectivity index (χ3v) is 2.83. The van der Waals surface area contributed by atoms with Gasteiger partial charge in [-0.1, -0.05) is 6.92 Å². The Morgan fingerprint density at radius 2 is 1.94 bits per heavy atom. The Bertz CT molecular complexity index is 249. The molecule has 0 aromatic heterocycles. The molecule has 1 aliphatic rings. The van der Waals surface area contributed by atoms with E-state index >= 15 is 0 Å². The van der Waals surface area contributed by atoms with E-state index in [0.717, 1.165) is 32.6 Å². The number of nitrogens with two attached hydrogens (primary N) is 1. The first-order valence-corrected chi connectivity index (χ1v) is 5.97. The summed E-state index contributed by atoms with van der Waals surface area (Å²) in [5.74, 6) is 0.542. The van der Waals surface area contributed by atoms with E-state index in [1.54, 1.807) is 0 Å². The van der Waals surface area contributed by atoms with Gasteiger partial charge in [-0.15, -0.1) is 0 Å². The van der Waals surface area contributed by atoms with Gasteiger partial charge in [-0.05, 0) is 39.0 Å². The van der Waals surface area contributed by atoms with Crippen LogP contribution in [0.5, 0.6) is 0 Å². The normalized spacial score (nSPS) is 21.9. The van der Waals surface area contributed by atoms with Gasteiger partial charge in [-0.25, -0.2) is 0 Å². The fraction of sp³-hybridized carbons (Fsp3) is 0.917. The molecule has 1 heterocycles. The monoisotopic (exact) mass is 227 g/mol. The summed E-state index contributed by atoms with van der Waals surface area (Å²) in [5.41, 5.74) is 6.07. The van der Waals surface area contributed by atoms with Gasteiger partial charge in [0, 0.05) is 25.3 Å². The van der Waals surface area contributed by atoms with Crippen LogP contribution in [0.4, 0.5) is 0 Å². The lowest BCUT2D eigenvalue weighted by atomic mass is 9.83. The van der Waals surface area contributed by atoms with E-state index in [1.165, 1.54) is 0 Å². The molecule has 0 unspecified atom stereocenters. The Morgan fingerprint density at radius 1 is 1.38 bits per heavy atom. The number of hydrogen-bond donors (Lipinski definition) is 2. The van der Waals surface area contributed by atoms with Gasteiger partial charge in [0.2, 0.25) is 0 Å². The highest BCUT2D eigenvalue weighted by atomic mass is 16.5. The van der Waals surface area contributed by atoms with E-state index in [2.05, 4.69) is 38.0 Å². The van der Waals surface area contributed by atoms with E-state index in [0.29, 0.717) is 5.96 Å². The summed E-state index contributed by atoms with van der Waals surface area (Å²) in [4.78, 5) is 4.43. The summed E-state index contributed by atoms with van der Waals surface area (Å²) >= 11 is 0. The first kappa shape index (κ1) is 13.3. The van der Waals surface area contributed by atoms with E-state index in [9.17, 15) is 0 Å². The number of hydrogen-bond acceptors (Lipinski definition) is 2. The van der Waals surface area contributed by atoms with Crippen LogP contribution in [0.3, 0.4) is 0 Å². The minimum absolute atomic E-state index is 0.0236. The van der Waals surface area contributed by atoms with Crippen molar-refractivity contribution in [3.05, 3.63) is 0 Å². The molecule has 0 atom stereocenters. The lowest BCUT2D eigenvalue weighted by Crippen LogP contribution is -2.45. The standard InChI is InChI=1S/C12H25N3O/c1-11(2,3)15-10(13)14-9-12(4)5-7-16-8-6-12/h5-9H2,1-4H3,(H3,13,14,15). The van der Waals surface area contributed by atoms with E-state index in [4.69, 9.17) is 10.5 Å². The maximum atomic E-state index is 5.84. The number of guanidine groups is 1. The molecule has 1 rings (SSSR count). The van der Waals surface area contributed by atoms with Crippen LogP contribution in [0.1, 0.15) is 40.5 Å². The molecule has 94 valence electrons. The van der Waals surface area contributed by atoms with Crippen molar-refractivity contribution in [2.75, 3.05) is 19.8 Å². The van der Waals surface area contributed by atoms with Crippen molar-refractivity contribution >= 4 is 5.96 Å². The Labute approximate surface area is 98.6 Å². The van der Waals surface area contributed by atoms with E-state index < -0.39 is 0 Å². The number of nitrogens with one attached hydrogen (secondary N) is 1. The van der Waals surface area contributed by atoms with Crippen molar-refractivity contribution in [3.8, 4) is 0 Å². The van der Waals surface area contributed by atoms with Gasteiger partial charge in [0.25, 0.3) is 0 Å². The van der Waals surface area contributed by atoms with Crippen molar-refractivity contribution in [3.63, 3.8) is 0 Å². The van der Waals surface area contributed by atoms with Gasteiger partial charge < -0.3 is 15.8 Å². The molecule has 1 fully saturated rings. The van der Waals surface area contributed by atoms with Crippen LogP contribution in [-0.2, 0) is 4.74 Å². The molecule has 1 aliphatic heterocycles. The largest absolute Gasteiger partial charge is 0.381 e. The Kier molecular flexibility index (Phi) is 4.19. The molecule has 4 nitrogen and oxygen atoms in total. The van der Waals surface area contributed by atoms with Crippen molar-refractivity contribution in [1.82, 2.24) is 5.32 Å². The topological polar surface area (TPSA) is 59.6 Å². The molecule has 0 saturated carbocycles. The van der Waals surface area contributed by atoms with Crippen molar-refractivity contribution in [2.24, 2.45) is 16.1 Å². The molecule has 4 heteroatoms. The first-order valence-electron chi connectivity index (χ1n) is 5.97. The Balaban J connectivity index is 2.44. The van der Waals surface area contributed by atoms with E-state index in [1.807, 2.05) is 0 Å². The Hall–Kier alpha value is -0.770. The quantitative estimate of drug-likeness (QED) is 0.555. The summed E-state index contributed by atoms with van der Waals surface area (Å²) in [6.07, 6.45) is 2.14. The first-order chi connectivity index (χ1) is 7.31. The molecule has 0 radical (unpaired) electrons. The Morgan fingerprint density at radius 3 is 2.44 bits per heavy atom. The average Bonchev–Trinajstić information content (AvgIpc) is 2.14. The van der Waals surface area contributed by atoms with Crippen molar-refractivity contribution in [1.29, 1.82) is 0 Å². The molecule has 1 saturated heterocycles. The third kappa shape index (κ3) is 4.84. The summed E-state index contributed by atoms with van der Waals surface area (Å²) < 4.78 is 5.36. The van der Waals surface area contributed by atoms with Crippen LogP contribution in [-0.4, -0.2) is 31.3 Å². The van der Waals surface area contributed by atoms with Crippen LogP contribution in [0.15, 0.2) is 4.99 Å². The molecule has 3 N–H and O–H groups in total. The van der Waals surface area contributed by atoms with Crippen LogP contribution in [0.2, 0.25) is 0 Å². The average molecular weight is 227 g/mol. The lowest BCUT2D eigenvalue weighted by molar-refractivity contribution is 0.0283. The summed E-state index contributed by atoms with van der Waals surface area (Å²) in [5, 5.41) is 3.17. The minimum Gasteiger partial charge on any atom is -0.381 e. The van der Waals surface area contributed by atoms with Gasteiger partial charge in [0.05, 0.1) is 0 Å². The van der Waals surface area contributed by atoms with Gasteiger partial charge in [-0.2, -0.15) is 0 Å². The van der Waals surface area contributed by atoms with Crippen molar-refractivity contribution in [2.45, 2.75) is 46.1 Å². The van der Waals surface area contributed by atoms with Gasteiger partial charge >= 0.3 is 0 Å². The number of nitrogens with zero attached hydrogens (tertiary/aromatic N) is 1. The highest BCUT2D eigenvalue weighted by Crippen LogP contribution is 2.29. The molecular formula is C12H25N3O. The summed E-state index contributed by atoms with van der Waals surface area (Å²) in [6.45, 7) is 11.0. The fourth-order valence-corrected chi connectivity index (χ4v) is 1.72. The molecule has 0 aliphatic carbocycles.